The van der Waals surface area contributed by atoms with Gasteiger partial charge in [-0.1, -0.05) is 48.5 Å². The van der Waals surface area contributed by atoms with Gasteiger partial charge in [0.15, 0.2) is 0 Å². The minimum Gasteiger partial charge on any atom is -0.403 e. The Morgan fingerprint density at radius 1 is 1.00 bits per heavy atom. The summed E-state index contributed by atoms with van der Waals surface area (Å²) in [6.07, 6.45) is -0.394. The van der Waals surface area contributed by atoms with Crippen molar-refractivity contribution in [2.45, 2.75) is 20.0 Å². The Bertz CT molecular complexity index is 610. The molecule has 0 fully saturated rings. The Balaban J connectivity index is 2.32. The zero-order chi connectivity index (χ0) is 14.6. The first-order valence-electron chi connectivity index (χ1n) is 6.33. The Morgan fingerprint density at radius 3 is 2.25 bits per heavy atom. The van der Waals surface area contributed by atoms with Crippen LogP contribution in [0.1, 0.15) is 13.8 Å². The standard InChI is InChI=1S/C15H17O4P/c1-12(2)18-20(16,17)19-15-11-7-6-10-14(15)13-8-4-3-5-9-13/h3-12H,1-2H3,(H,16,17). The number of benzene rings is 2. The van der Waals surface area contributed by atoms with Crippen LogP contribution in [0.15, 0.2) is 54.6 Å². The van der Waals surface area contributed by atoms with Crippen LogP contribution in [0, 0.1) is 0 Å². The molecule has 0 heterocycles. The summed E-state index contributed by atoms with van der Waals surface area (Å²) in [7, 11) is -4.12. The fraction of sp³-hybridized carbons (Fsp3) is 0.200. The highest BCUT2D eigenvalue weighted by molar-refractivity contribution is 7.47. The van der Waals surface area contributed by atoms with Gasteiger partial charge in [-0.3, -0.25) is 9.42 Å². The van der Waals surface area contributed by atoms with Gasteiger partial charge in [0, 0.05) is 5.56 Å². The lowest BCUT2D eigenvalue weighted by Crippen LogP contribution is -2.04. The van der Waals surface area contributed by atoms with Crippen LogP contribution in [-0.4, -0.2) is 11.0 Å². The molecule has 0 aliphatic rings. The maximum atomic E-state index is 11.9. The number of para-hydroxylation sites is 1. The van der Waals surface area contributed by atoms with Crippen LogP contribution in [0.3, 0.4) is 0 Å². The topological polar surface area (TPSA) is 55.8 Å². The molecule has 0 bridgehead atoms. The van der Waals surface area contributed by atoms with Crippen LogP contribution in [0.4, 0.5) is 0 Å². The van der Waals surface area contributed by atoms with Crippen molar-refractivity contribution in [2.75, 3.05) is 0 Å². The SMILES string of the molecule is CC(C)OP(=O)(O)Oc1ccccc1-c1ccccc1. The molecule has 2 aromatic carbocycles. The number of hydrogen-bond acceptors (Lipinski definition) is 3. The maximum absolute atomic E-state index is 11.9. The van der Waals surface area contributed by atoms with Crippen LogP contribution >= 0.6 is 7.82 Å². The van der Waals surface area contributed by atoms with Crippen LogP contribution in [0.2, 0.25) is 0 Å². The van der Waals surface area contributed by atoms with Gasteiger partial charge in [0.2, 0.25) is 0 Å². The fourth-order valence-electron chi connectivity index (χ4n) is 1.81. The van der Waals surface area contributed by atoms with Crippen molar-refractivity contribution in [3.63, 3.8) is 0 Å². The van der Waals surface area contributed by atoms with Crippen LogP contribution in [0.25, 0.3) is 11.1 Å². The Hall–Kier alpha value is -1.61. The number of phosphoric acid groups is 1. The molecule has 2 rings (SSSR count). The Kier molecular flexibility index (Phi) is 4.61. The molecule has 0 spiro atoms. The van der Waals surface area contributed by atoms with Gasteiger partial charge < -0.3 is 4.52 Å². The van der Waals surface area contributed by atoms with E-state index < -0.39 is 13.9 Å². The lowest BCUT2D eigenvalue weighted by Gasteiger charge is -2.17. The number of rotatable bonds is 5. The third-order valence-corrected chi connectivity index (χ3v) is 3.65. The molecular weight excluding hydrogens is 275 g/mol. The van der Waals surface area contributed by atoms with Gasteiger partial charge in [-0.2, -0.15) is 0 Å². The van der Waals surface area contributed by atoms with E-state index in [-0.39, 0.29) is 0 Å². The summed E-state index contributed by atoms with van der Waals surface area (Å²) in [5, 5.41) is 0. The molecule has 1 unspecified atom stereocenters. The lowest BCUT2D eigenvalue weighted by molar-refractivity contribution is 0.162. The van der Waals surface area contributed by atoms with Gasteiger partial charge in [0.25, 0.3) is 0 Å². The van der Waals surface area contributed by atoms with Crippen molar-refractivity contribution in [2.24, 2.45) is 0 Å². The first kappa shape index (κ1) is 14.8. The second-order valence-electron chi connectivity index (χ2n) is 4.58. The first-order chi connectivity index (χ1) is 9.48. The predicted molar refractivity (Wildman–Crippen MR) is 78.6 cm³/mol. The van der Waals surface area contributed by atoms with Crippen molar-refractivity contribution in [1.29, 1.82) is 0 Å². The molecule has 0 aromatic heterocycles. The molecule has 1 atom stereocenters. The van der Waals surface area contributed by atoms with E-state index in [4.69, 9.17) is 9.05 Å². The molecule has 106 valence electrons. The van der Waals surface area contributed by atoms with Gasteiger partial charge in [-0.25, -0.2) is 4.57 Å². The zero-order valence-corrected chi connectivity index (χ0v) is 12.3. The van der Waals surface area contributed by atoms with E-state index in [1.807, 2.05) is 42.5 Å². The van der Waals surface area contributed by atoms with E-state index in [0.29, 0.717) is 5.75 Å². The predicted octanol–water partition coefficient (Wildman–Crippen LogP) is 4.26. The Labute approximate surface area is 118 Å². The summed E-state index contributed by atoms with van der Waals surface area (Å²) in [4.78, 5) is 9.72. The highest BCUT2D eigenvalue weighted by Gasteiger charge is 2.25. The molecule has 4 nitrogen and oxygen atoms in total. The normalized spacial score (nSPS) is 14.0. The van der Waals surface area contributed by atoms with Crippen molar-refractivity contribution < 1.29 is 18.5 Å². The minimum atomic E-state index is -4.12. The number of hydrogen-bond donors (Lipinski definition) is 1. The fourth-order valence-corrected chi connectivity index (χ4v) is 2.80. The van der Waals surface area contributed by atoms with Crippen molar-refractivity contribution in [3.8, 4) is 16.9 Å². The average Bonchev–Trinajstić information content (AvgIpc) is 2.38. The molecular formula is C15H17O4P. The zero-order valence-electron chi connectivity index (χ0n) is 11.4. The van der Waals surface area contributed by atoms with Crippen LogP contribution in [0.5, 0.6) is 5.75 Å². The largest absolute Gasteiger partial charge is 0.527 e. The van der Waals surface area contributed by atoms with Crippen molar-refractivity contribution >= 4 is 7.82 Å². The van der Waals surface area contributed by atoms with Crippen LogP contribution < -0.4 is 4.52 Å². The van der Waals surface area contributed by atoms with E-state index in [1.165, 1.54) is 0 Å². The molecule has 0 aliphatic carbocycles. The lowest BCUT2D eigenvalue weighted by atomic mass is 10.1. The molecule has 0 saturated heterocycles. The number of phosphoric ester groups is 1. The average molecular weight is 292 g/mol. The van der Waals surface area contributed by atoms with E-state index in [2.05, 4.69) is 0 Å². The van der Waals surface area contributed by atoms with Crippen molar-refractivity contribution in [1.82, 2.24) is 0 Å². The van der Waals surface area contributed by atoms with E-state index >= 15 is 0 Å². The third kappa shape index (κ3) is 3.94. The molecule has 2 aromatic rings. The van der Waals surface area contributed by atoms with Gasteiger partial charge >= 0.3 is 7.82 Å². The smallest absolute Gasteiger partial charge is 0.403 e. The van der Waals surface area contributed by atoms with Crippen LogP contribution in [-0.2, 0) is 9.09 Å². The minimum absolute atomic E-state index is 0.324. The van der Waals surface area contributed by atoms with Gasteiger partial charge in [-0.15, -0.1) is 0 Å². The van der Waals surface area contributed by atoms with Crippen molar-refractivity contribution in [3.05, 3.63) is 54.6 Å². The van der Waals surface area contributed by atoms with E-state index in [1.54, 1.807) is 26.0 Å². The molecule has 0 amide bonds. The molecule has 1 N–H and O–H groups in total. The second kappa shape index (κ2) is 6.23. The second-order valence-corrected chi connectivity index (χ2v) is 5.91. The highest BCUT2D eigenvalue weighted by atomic mass is 31.2. The first-order valence-corrected chi connectivity index (χ1v) is 7.83. The molecule has 0 aliphatic heterocycles. The molecule has 20 heavy (non-hydrogen) atoms. The maximum Gasteiger partial charge on any atom is 0.527 e. The Morgan fingerprint density at radius 2 is 1.60 bits per heavy atom. The molecule has 0 radical (unpaired) electrons. The summed E-state index contributed by atoms with van der Waals surface area (Å²) in [5.74, 6) is 0.324. The summed E-state index contributed by atoms with van der Waals surface area (Å²) < 4.78 is 22.0. The van der Waals surface area contributed by atoms with Gasteiger partial charge in [0.1, 0.15) is 5.75 Å². The highest BCUT2D eigenvalue weighted by Crippen LogP contribution is 2.47. The van der Waals surface area contributed by atoms with Gasteiger partial charge in [-0.05, 0) is 25.5 Å². The molecule has 5 heteroatoms. The summed E-state index contributed by atoms with van der Waals surface area (Å²) in [6, 6.07) is 16.6. The summed E-state index contributed by atoms with van der Waals surface area (Å²) >= 11 is 0. The monoisotopic (exact) mass is 292 g/mol. The molecule has 0 saturated carbocycles. The van der Waals surface area contributed by atoms with Gasteiger partial charge in [0.05, 0.1) is 6.10 Å². The van der Waals surface area contributed by atoms with E-state index in [0.717, 1.165) is 11.1 Å². The summed E-state index contributed by atoms with van der Waals surface area (Å²) in [6.45, 7) is 3.35. The quantitative estimate of drug-likeness (QED) is 0.837. The third-order valence-electron chi connectivity index (χ3n) is 2.53. The van der Waals surface area contributed by atoms with E-state index in [9.17, 15) is 9.46 Å². The summed E-state index contributed by atoms with van der Waals surface area (Å²) in [5.41, 5.74) is 1.65.